The summed E-state index contributed by atoms with van der Waals surface area (Å²) in [5.74, 6) is 0. The summed E-state index contributed by atoms with van der Waals surface area (Å²) in [6.45, 7) is 3.58. The number of sulfonamides is 2. The van der Waals surface area contributed by atoms with Crippen LogP contribution in [0.15, 0.2) is 44.8 Å². The van der Waals surface area contributed by atoms with Gasteiger partial charge in [0.15, 0.2) is 0 Å². The molecule has 0 bridgehead atoms. The number of nitrogens with one attached hydrogen (secondary N) is 2. The van der Waals surface area contributed by atoms with Gasteiger partial charge in [0, 0.05) is 16.9 Å². The maximum atomic E-state index is 12.9. The lowest BCUT2D eigenvalue weighted by Gasteiger charge is -2.15. The maximum absolute atomic E-state index is 12.9. The standard InChI is InChI=1S/C16H14I2N2O4S4/c1-9-6-15(10(2)26-9)27(21,22)19-13-7-11(17)12(18)8-14(13)20-28(23,24)16-4-3-5-25-16/h3-8,19-20H,1-2H3. The third-order valence-electron chi connectivity index (χ3n) is 3.59. The highest BCUT2D eigenvalue weighted by atomic mass is 127. The number of aryl methyl sites for hydroxylation is 2. The normalized spacial score (nSPS) is 12.1. The van der Waals surface area contributed by atoms with Crippen molar-refractivity contribution in [2.24, 2.45) is 0 Å². The van der Waals surface area contributed by atoms with Crippen molar-refractivity contribution in [2.75, 3.05) is 9.44 Å². The number of benzene rings is 1. The molecular formula is C16H14I2N2O4S4. The van der Waals surface area contributed by atoms with Gasteiger partial charge in [-0.25, -0.2) is 16.8 Å². The summed E-state index contributed by atoms with van der Waals surface area (Å²) < 4.78 is 57.8. The topological polar surface area (TPSA) is 92.3 Å². The van der Waals surface area contributed by atoms with Crippen molar-refractivity contribution in [3.63, 3.8) is 0 Å². The van der Waals surface area contributed by atoms with Crippen LogP contribution in [0.1, 0.15) is 9.75 Å². The first kappa shape index (κ1) is 22.3. The van der Waals surface area contributed by atoms with Crippen LogP contribution in [0.4, 0.5) is 11.4 Å². The lowest BCUT2D eigenvalue weighted by molar-refractivity contribution is 0.599. The van der Waals surface area contributed by atoms with E-state index in [9.17, 15) is 16.8 Å². The van der Waals surface area contributed by atoms with Gasteiger partial charge in [0.05, 0.1) is 11.4 Å². The molecule has 12 heteroatoms. The van der Waals surface area contributed by atoms with E-state index in [0.717, 1.165) is 23.4 Å². The smallest absolute Gasteiger partial charge is 0.271 e. The molecule has 0 amide bonds. The van der Waals surface area contributed by atoms with Gasteiger partial charge in [-0.1, -0.05) is 6.07 Å². The monoisotopic (exact) mass is 680 g/mol. The molecule has 0 fully saturated rings. The highest BCUT2D eigenvalue weighted by Gasteiger charge is 2.23. The zero-order valence-electron chi connectivity index (χ0n) is 14.5. The van der Waals surface area contributed by atoms with Crippen LogP contribution in [0.3, 0.4) is 0 Å². The summed E-state index contributed by atoms with van der Waals surface area (Å²) in [7, 11) is -7.68. The summed E-state index contributed by atoms with van der Waals surface area (Å²) in [4.78, 5) is 1.75. The molecule has 2 N–H and O–H groups in total. The lowest BCUT2D eigenvalue weighted by Crippen LogP contribution is -2.17. The second-order valence-corrected chi connectivity index (χ2v) is 14.0. The molecule has 0 saturated heterocycles. The lowest BCUT2D eigenvalue weighted by atomic mass is 10.3. The van der Waals surface area contributed by atoms with Crippen molar-refractivity contribution in [1.82, 2.24) is 0 Å². The molecule has 3 aromatic rings. The summed E-state index contributed by atoms with van der Waals surface area (Å²) in [5, 5.41) is 1.66. The Hall–Kier alpha value is -0.420. The number of rotatable bonds is 6. The number of anilines is 2. The first-order valence-corrected chi connectivity index (χ1v) is 14.5. The zero-order chi connectivity index (χ0) is 20.7. The summed E-state index contributed by atoms with van der Waals surface area (Å²) in [6, 6.07) is 7.96. The van der Waals surface area contributed by atoms with Gasteiger partial charge in [0.2, 0.25) is 0 Å². The summed E-state index contributed by atoms with van der Waals surface area (Å²) in [6.07, 6.45) is 0. The van der Waals surface area contributed by atoms with Crippen molar-refractivity contribution < 1.29 is 16.8 Å². The van der Waals surface area contributed by atoms with Crippen LogP contribution in [0.2, 0.25) is 0 Å². The van der Waals surface area contributed by atoms with Gasteiger partial charge in [-0.3, -0.25) is 9.44 Å². The molecule has 6 nitrogen and oxygen atoms in total. The van der Waals surface area contributed by atoms with Crippen molar-refractivity contribution in [3.05, 3.63) is 52.6 Å². The van der Waals surface area contributed by atoms with E-state index in [1.54, 1.807) is 36.6 Å². The molecule has 0 radical (unpaired) electrons. The van der Waals surface area contributed by atoms with Gasteiger partial charge in [0.25, 0.3) is 20.0 Å². The number of hydrogen-bond acceptors (Lipinski definition) is 6. The van der Waals surface area contributed by atoms with Crippen LogP contribution in [-0.2, 0) is 20.0 Å². The van der Waals surface area contributed by atoms with Crippen LogP contribution >= 0.6 is 67.9 Å². The Morgan fingerprint density at radius 3 is 1.93 bits per heavy atom. The third-order valence-corrected chi connectivity index (χ3v) is 11.8. The number of halogens is 2. The second-order valence-electron chi connectivity index (χ2n) is 5.73. The molecule has 0 aliphatic rings. The Kier molecular flexibility index (Phi) is 6.66. The van der Waals surface area contributed by atoms with Crippen LogP contribution < -0.4 is 9.44 Å². The van der Waals surface area contributed by atoms with Gasteiger partial charge in [-0.2, -0.15) is 0 Å². The minimum Gasteiger partial charge on any atom is -0.277 e. The molecule has 150 valence electrons. The molecule has 0 aliphatic heterocycles. The highest BCUT2D eigenvalue weighted by Crippen LogP contribution is 2.34. The Balaban J connectivity index is 2.04. The SMILES string of the molecule is Cc1cc(S(=O)(=O)Nc2cc(I)c(I)cc2NS(=O)(=O)c2cccs2)c(C)s1. The molecule has 0 saturated carbocycles. The average molecular weight is 680 g/mol. The van der Waals surface area contributed by atoms with Crippen molar-refractivity contribution in [3.8, 4) is 0 Å². The molecule has 0 aliphatic carbocycles. The third kappa shape index (κ3) is 4.83. The average Bonchev–Trinajstić information content (AvgIpc) is 3.22. The minimum absolute atomic E-state index is 0.152. The largest absolute Gasteiger partial charge is 0.277 e. The fourth-order valence-corrected chi connectivity index (χ4v) is 8.03. The van der Waals surface area contributed by atoms with E-state index in [-0.39, 0.29) is 20.5 Å². The zero-order valence-corrected chi connectivity index (χ0v) is 22.1. The first-order valence-electron chi connectivity index (χ1n) is 7.65. The van der Waals surface area contributed by atoms with E-state index in [1.807, 2.05) is 6.92 Å². The van der Waals surface area contributed by atoms with Crippen molar-refractivity contribution in [2.45, 2.75) is 23.0 Å². The molecule has 0 atom stereocenters. The van der Waals surface area contributed by atoms with Crippen LogP contribution in [-0.4, -0.2) is 16.8 Å². The predicted molar refractivity (Wildman–Crippen MR) is 132 cm³/mol. The van der Waals surface area contributed by atoms with E-state index in [1.165, 1.54) is 17.4 Å². The molecule has 2 aromatic heterocycles. The van der Waals surface area contributed by atoms with Gasteiger partial charge in [-0.15, -0.1) is 22.7 Å². The highest BCUT2D eigenvalue weighted by molar-refractivity contribution is 14.1. The predicted octanol–water partition coefficient (Wildman–Crippen LogP) is 5.24. The molecule has 3 rings (SSSR count). The van der Waals surface area contributed by atoms with E-state index in [0.29, 0.717) is 4.88 Å². The summed E-state index contributed by atoms with van der Waals surface area (Å²) in [5.41, 5.74) is 0.347. The summed E-state index contributed by atoms with van der Waals surface area (Å²) >= 11 is 6.63. The molecule has 1 aromatic carbocycles. The quantitative estimate of drug-likeness (QED) is 0.349. The van der Waals surface area contributed by atoms with Gasteiger partial charge in [0.1, 0.15) is 9.10 Å². The van der Waals surface area contributed by atoms with Crippen LogP contribution in [0, 0.1) is 21.0 Å². The maximum Gasteiger partial charge on any atom is 0.271 e. The molecule has 0 spiro atoms. The van der Waals surface area contributed by atoms with E-state index in [2.05, 4.69) is 54.6 Å². The molecule has 0 unspecified atom stereocenters. The van der Waals surface area contributed by atoms with E-state index >= 15 is 0 Å². The van der Waals surface area contributed by atoms with Gasteiger partial charge in [-0.05, 0) is 88.7 Å². The molecule has 2 heterocycles. The van der Waals surface area contributed by atoms with E-state index < -0.39 is 20.0 Å². The van der Waals surface area contributed by atoms with Crippen molar-refractivity contribution >= 4 is 99.3 Å². The van der Waals surface area contributed by atoms with Gasteiger partial charge >= 0.3 is 0 Å². The van der Waals surface area contributed by atoms with E-state index in [4.69, 9.17) is 0 Å². The number of hydrogen-bond donors (Lipinski definition) is 2. The van der Waals surface area contributed by atoms with Crippen molar-refractivity contribution in [1.29, 1.82) is 0 Å². The van der Waals surface area contributed by atoms with Crippen LogP contribution in [0.5, 0.6) is 0 Å². The van der Waals surface area contributed by atoms with Crippen LogP contribution in [0.25, 0.3) is 0 Å². The van der Waals surface area contributed by atoms with Gasteiger partial charge < -0.3 is 0 Å². The molecule has 28 heavy (non-hydrogen) atoms. The number of thiophene rings is 2. The second kappa shape index (κ2) is 8.37. The Bertz CT molecular complexity index is 1230. The first-order chi connectivity index (χ1) is 13.0. The molecular weight excluding hydrogens is 666 g/mol. The fraction of sp³-hybridized carbons (Fsp3) is 0.125. The Labute approximate surface area is 199 Å². The fourth-order valence-electron chi connectivity index (χ4n) is 2.40. The minimum atomic E-state index is -3.86. The Morgan fingerprint density at radius 2 is 1.46 bits per heavy atom. The Morgan fingerprint density at radius 1 is 0.893 bits per heavy atom.